The highest BCUT2D eigenvalue weighted by atomic mass is 16.6. The summed E-state index contributed by atoms with van der Waals surface area (Å²) < 4.78 is 1.52. The summed E-state index contributed by atoms with van der Waals surface area (Å²) in [5.41, 5.74) is 5.41. The first-order valence-corrected chi connectivity index (χ1v) is 4.51. The van der Waals surface area contributed by atoms with Crippen molar-refractivity contribution in [2.75, 3.05) is 5.73 Å². The van der Waals surface area contributed by atoms with Gasteiger partial charge in [0.2, 0.25) is 5.82 Å². The van der Waals surface area contributed by atoms with Gasteiger partial charge in [0.05, 0.1) is 4.92 Å². The first-order chi connectivity index (χ1) is 7.59. The monoisotopic (exact) mass is 219 g/mol. The lowest BCUT2D eigenvalue weighted by Crippen LogP contribution is -2.05. The number of hydrogen-bond acceptors (Lipinski definition) is 5. The molecule has 2 aromatic heterocycles. The molecule has 0 aliphatic heterocycles. The Hall–Kier alpha value is -2.44. The fourth-order valence-corrected chi connectivity index (χ4v) is 1.38. The molecule has 0 saturated carbocycles. The van der Waals surface area contributed by atoms with Crippen LogP contribution in [0, 0.1) is 17.0 Å². The molecule has 0 aromatic carbocycles. The van der Waals surface area contributed by atoms with Gasteiger partial charge in [-0.3, -0.25) is 14.7 Å². The minimum absolute atomic E-state index is 0.102. The molecule has 7 heteroatoms. The van der Waals surface area contributed by atoms with Gasteiger partial charge in [0, 0.05) is 18.5 Å². The van der Waals surface area contributed by atoms with Crippen molar-refractivity contribution in [3.05, 3.63) is 40.5 Å². The number of aryl methyl sites for hydroxylation is 1. The Morgan fingerprint density at radius 2 is 2.25 bits per heavy atom. The maximum absolute atomic E-state index is 10.8. The van der Waals surface area contributed by atoms with E-state index >= 15 is 0 Å². The van der Waals surface area contributed by atoms with Crippen LogP contribution in [0.5, 0.6) is 0 Å². The first-order valence-electron chi connectivity index (χ1n) is 4.51. The van der Waals surface area contributed by atoms with Crippen LogP contribution in [-0.4, -0.2) is 19.5 Å². The standard InChI is InChI=1S/C9H9N5O2/c1-6-11-4-5-13(6)9-7(14(15)16)2-3-8(10)12-9/h2-5H,1H3,(H2,10,12). The van der Waals surface area contributed by atoms with Crippen molar-refractivity contribution in [2.45, 2.75) is 6.92 Å². The second-order valence-corrected chi connectivity index (χ2v) is 3.18. The van der Waals surface area contributed by atoms with Crippen molar-refractivity contribution in [1.29, 1.82) is 0 Å². The van der Waals surface area contributed by atoms with Crippen LogP contribution in [0.3, 0.4) is 0 Å². The van der Waals surface area contributed by atoms with E-state index in [9.17, 15) is 10.1 Å². The second-order valence-electron chi connectivity index (χ2n) is 3.18. The minimum Gasteiger partial charge on any atom is -0.384 e. The highest BCUT2D eigenvalue weighted by Crippen LogP contribution is 2.22. The zero-order chi connectivity index (χ0) is 11.7. The Kier molecular flexibility index (Phi) is 2.28. The molecule has 2 heterocycles. The van der Waals surface area contributed by atoms with Crippen molar-refractivity contribution in [2.24, 2.45) is 0 Å². The van der Waals surface area contributed by atoms with E-state index in [-0.39, 0.29) is 17.3 Å². The highest BCUT2D eigenvalue weighted by molar-refractivity contribution is 5.52. The molecule has 0 amide bonds. The minimum atomic E-state index is -0.499. The average Bonchev–Trinajstić information content (AvgIpc) is 2.63. The molecule has 0 bridgehead atoms. The van der Waals surface area contributed by atoms with E-state index in [0.717, 1.165) is 0 Å². The Labute approximate surface area is 90.7 Å². The van der Waals surface area contributed by atoms with Crippen LogP contribution in [-0.2, 0) is 0 Å². The van der Waals surface area contributed by atoms with E-state index in [1.165, 1.54) is 16.7 Å². The van der Waals surface area contributed by atoms with E-state index in [0.29, 0.717) is 5.82 Å². The third-order valence-corrected chi connectivity index (χ3v) is 2.13. The lowest BCUT2D eigenvalue weighted by molar-refractivity contribution is -0.384. The molecule has 2 rings (SSSR count). The van der Waals surface area contributed by atoms with E-state index < -0.39 is 4.92 Å². The predicted molar refractivity (Wildman–Crippen MR) is 57.2 cm³/mol. The third kappa shape index (κ3) is 1.58. The van der Waals surface area contributed by atoms with Gasteiger partial charge in [-0.15, -0.1) is 0 Å². The molecule has 0 spiro atoms. The number of anilines is 1. The zero-order valence-electron chi connectivity index (χ0n) is 8.49. The maximum atomic E-state index is 10.8. The lowest BCUT2D eigenvalue weighted by atomic mass is 10.3. The largest absolute Gasteiger partial charge is 0.384 e. The molecule has 2 aromatic rings. The van der Waals surface area contributed by atoms with Gasteiger partial charge in [-0.1, -0.05) is 0 Å². The molecular formula is C9H9N5O2. The van der Waals surface area contributed by atoms with Crippen molar-refractivity contribution in [3.8, 4) is 5.82 Å². The van der Waals surface area contributed by atoms with Crippen LogP contribution in [0.25, 0.3) is 5.82 Å². The van der Waals surface area contributed by atoms with Gasteiger partial charge in [-0.2, -0.15) is 0 Å². The molecule has 7 nitrogen and oxygen atoms in total. The summed E-state index contributed by atoms with van der Waals surface area (Å²) in [6.07, 6.45) is 3.15. The topological polar surface area (TPSA) is 99.9 Å². The van der Waals surface area contributed by atoms with Gasteiger partial charge in [0.15, 0.2) is 0 Å². The third-order valence-electron chi connectivity index (χ3n) is 2.13. The number of hydrogen-bond donors (Lipinski definition) is 1. The number of nitrogen functional groups attached to an aromatic ring is 1. The molecule has 0 atom stereocenters. The van der Waals surface area contributed by atoms with E-state index in [1.807, 2.05) is 0 Å². The SMILES string of the molecule is Cc1nccn1-c1nc(N)ccc1[N+](=O)[O-]. The van der Waals surface area contributed by atoms with E-state index in [2.05, 4.69) is 9.97 Å². The van der Waals surface area contributed by atoms with Gasteiger partial charge in [-0.25, -0.2) is 9.97 Å². The normalized spacial score (nSPS) is 10.3. The lowest BCUT2D eigenvalue weighted by Gasteiger charge is -2.05. The summed E-state index contributed by atoms with van der Waals surface area (Å²) in [6.45, 7) is 1.73. The van der Waals surface area contributed by atoms with Crippen LogP contribution < -0.4 is 5.73 Å². The van der Waals surface area contributed by atoms with E-state index in [4.69, 9.17) is 5.73 Å². The molecule has 16 heavy (non-hydrogen) atoms. The Morgan fingerprint density at radius 3 is 2.81 bits per heavy atom. The van der Waals surface area contributed by atoms with Crippen LogP contribution in [0.4, 0.5) is 11.5 Å². The Morgan fingerprint density at radius 1 is 1.50 bits per heavy atom. The molecule has 0 radical (unpaired) electrons. The Balaban J connectivity index is 2.67. The zero-order valence-corrected chi connectivity index (χ0v) is 8.49. The van der Waals surface area contributed by atoms with Crippen molar-refractivity contribution in [3.63, 3.8) is 0 Å². The molecule has 82 valence electrons. The quantitative estimate of drug-likeness (QED) is 0.601. The van der Waals surface area contributed by atoms with Gasteiger partial charge in [0.25, 0.3) is 0 Å². The van der Waals surface area contributed by atoms with Crippen LogP contribution in [0.15, 0.2) is 24.5 Å². The van der Waals surface area contributed by atoms with Crippen molar-refractivity contribution >= 4 is 11.5 Å². The number of nitrogens with two attached hydrogens (primary N) is 1. The van der Waals surface area contributed by atoms with Crippen molar-refractivity contribution < 1.29 is 4.92 Å². The number of nitro groups is 1. The number of nitrogens with zero attached hydrogens (tertiary/aromatic N) is 4. The maximum Gasteiger partial charge on any atom is 0.312 e. The smallest absolute Gasteiger partial charge is 0.312 e. The molecule has 0 fully saturated rings. The highest BCUT2D eigenvalue weighted by Gasteiger charge is 2.18. The molecule has 2 N–H and O–H groups in total. The first kappa shape index (κ1) is 10.1. The number of aromatic nitrogens is 3. The van der Waals surface area contributed by atoms with Crippen LogP contribution in [0.2, 0.25) is 0 Å². The summed E-state index contributed by atoms with van der Waals surface area (Å²) in [4.78, 5) is 18.3. The molecule has 0 aliphatic carbocycles. The van der Waals surface area contributed by atoms with Gasteiger partial charge < -0.3 is 5.73 Å². The van der Waals surface area contributed by atoms with Crippen LogP contribution >= 0.6 is 0 Å². The average molecular weight is 219 g/mol. The fraction of sp³-hybridized carbons (Fsp3) is 0.111. The predicted octanol–water partition coefficient (Wildman–Crippen LogP) is 1.07. The van der Waals surface area contributed by atoms with E-state index in [1.54, 1.807) is 19.3 Å². The Bertz CT molecular complexity index is 549. The summed E-state index contributed by atoms with van der Waals surface area (Å²) in [6, 6.07) is 2.73. The van der Waals surface area contributed by atoms with Gasteiger partial charge >= 0.3 is 5.69 Å². The number of imidazole rings is 1. The van der Waals surface area contributed by atoms with Crippen LogP contribution in [0.1, 0.15) is 5.82 Å². The summed E-state index contributed by atoms with van der Waals surface area (Å²) in [7, 11) is 0. The number of rotatable bonds is 2. The van der Waals surface area contributed by atoms with Gasteiger partial charge in [0.1, 0.15) is 11.6 Å². The number of pyridine rings is 1. The molecule has 0 unspecified atom stereocenters. The van der Waals surface area contributed by atoms with Gasteiger partial charge in [-0.05, 0) is 13.0 Å². The van der Waals surface area contributed by atoms with Crippen molar-refractivity contribution in [1.82, 2.24) is 14.5 Å². The summed E-state index contributed by atoms with van der Waals surface area (Å²) in [5, 5.41) is 10.8. The molecule has 0 aliphatic rings. The molecule has 0 saturated heterocycles. The summed E-state index contributed by atoms with van der Waals surface area (Å²) in [5.74, 6) is 1.02. The fourth-order valence-electron chi connectivity index (χ4n) is 1.38. The molecular weight excluding hydrogens is 210 g/mol. The summed E-state index contributed by atoms with van der Waals surface area (Å²) >= 11 is 0. The second kappa shape index (κ2) is 3.61.